The number of urea groups is 1. The van der Waals surface area contributed by atoms with E-state index in [0.717, 1.165) is 5.56 Å². The molecule has 0 spiro atoms. The van der Waals surface area contributed by atoms with Crippen LogP contribution in [-0.2, 0) is 4.79 Å². The molecule has 3 rings (SSSR count). The first-order chi connectivity index (χ1) is 13.4. The van der Waals surface area contributed by atoms with Crippen molar-refractivity contribution in [1.29, 1.82) is 0 Å². The number of aromatic nitrogens is 3. The number of hydrogen-bond acceptors (Lipinski definition) is 5. The van der Waals surface area contributed by atoms with Crippen molar-refractivity contribution >= 4 is 34.5 Å². The Hall–Kier alpha value is -3.46. The number of nitrogens with one attached hydrogen (secondary N) is 4. The molecule has 0 aliphatic carbocycles. The van der Waals surface area contributed by atoms with Gasteiger partial charge in [-0.3, -0.25) is 15.2 Å². The number of anilines is 2. The van der Waals surface area contributed by atoms with E-state index in [9.17, 15) is 9.59 Å². The standard InChI is InChI=1S/C19H23N7O2/c1-12(13-7-5-4-6-8-13)21-19(28)22-16-9-15-14(10-20-16)18(25-24-15)23-17(27)11-26(2)3/h4-10,12H,11H2,1-3H3,(H2,20,21,22,28)(H2,23,24,25,27). The Bertz CT molecular complexity index is 969. The van der Waals surface area contributed by atoms with Gasteiger partial charge in [0.2, 0.25) is 5.91 Å². The van der Waals surface area contributed by atoms with Crippen molar-refractivity contribution in [3.05, 3.63) is 48.2 Å². The van der Waals surface area contributed by atoms with Crippen LogP contribution in [-0.4, -0.2) is 52.7 Å². The molecule has 1 unspecified atom stereocenters. The van der Waals surface area contributed by atoms with Crippen LogP contribution in [0.5, 0.6) is 0 Å². The van der Waals surface area contributed by atoms with Crippen LogP contribution >= 0.6 is 0 Å². The summed E-state index contributed by atoms with van der Waals surface area (Å²) in [6, 6.07) is 10.8. The molecule has 9 heteroatoms. The fourth-order valence-electron chi connectivity index (χ4n) is 2.71. The molecule has 3 aromatic rings. The molecule has 9 nitrogen and oxygen atoms in total. The third kappa shape index (κ3) is 4.83. The minimum absolute atomic E-state index is 0.143. The predicted octanol–water partition coefficient (Wildman–Crippen LogP) is 2.34. The van der Waals surface area contributed by atoms with Crippen LogP contribution in [0.1, 0.15) is 18.5 Å². The van der Waals surface area contributed by atoms with Crippen molar-refractivity contribution in [3.63, 3.8) is 0 Å². The van der Waals surface area contributed by atoms with Gasteiger partial charge in [-0.1, -0.05) is 30.3 Å². The third-order valence-electron chi connectivity index (χ3n) is 4.05. The van der Waals surface area contributed by atoms with E-state index in [1.165, 1.54) is 0 Å². The summed E-state index contributed by atoms with van der Waals surface area (Å²) in [6.07, 6.45) is 1.56. The summed E-state index contributed by atoms with van der Waals surface area (Å²) in [7, 11) is 3.62. The van der Waals surface area contributed by atoms with Crippen molar-refractivity contribution in [2.24, 2.45) is 0 Å². The number of aromatic amines is 1. The summed E-state index contributed by atoms with van der Waals surface area (Å²) in [5.41, 5.74) is 1.66. The zero-order valence-electron chi connectivity index (χ0n) is 16.0. The maximum atomic E-state index is 12.2. The number of H-pyrrole nitrogens is 1. The number of pyridine rings is 1. The van der Waals surface area contributed by atoms with Crippen LogP contribution in [0.2, 0.25) is 0 Å². The van der Waals surface area contributed by atoms with Gasteiger partial charge >= 0.3 is 6.03 Å². The van der Waals surface area contributed by atoms with Crippen molar-refractivity contribution in [2.45, 2.75) is 13.0 Å². The van der Waals surface area contributed by atoms with E-state index in [4.69, 9.17) is 0 Å². The first-order valence-corrected chi connectivity index (χ1v) is 8.83. The molecule has 0 radical (unpaired) electrons. The summed E-state index contributed by atoms with van der Waals surface area (Å²) in [5.74, 6) is 0.609. The summed E-state index contributed by atoms with van der Waals surface area (Å²) in [6.45, 7) is 2.16. The number of benzene rings is 1. The highest BCUT2D eigenvalue weighted by atomic mass is 16.2. The van der Waals surface area contributed by atoms with Crippen LogP contribution in [0.25, 0.3) is 10.9 Å². The summed E-state index contributed by atoms with van der Waals surface area (Å²) < 4.78 is 0. The average molecular weight is 381 g/mol. The van der Waals surface area contributed by atoms with Crippen LogP contribution in [0.3, 0.4) is 0 Å². The van der Waals surface area contributed by atoms with Gasteiger partial charge in [0.25, 0.3) is 0 Å². The third-order valence-corrected chi connectivity index (χ3v) is 4.05. The molecule has 1 atom stereocenters. The Morgan fingerprint density at radius 1 is 1.18 bits per heavy atom. The van der Waals surface area contributed by atoms with Crippen LogP contribution in [0.4, 0.5) is 16.4 Å². The maximum Gasteiger partial charge on any atom is 0.320 e. The number of carbonyl (C=O) groups excluding carboxylic acids is 2. The lowest BCUT2D eigenvalue weighted by molar-refractivity contribution is -0.116. The second-order valence-electron chi connectivity index (χ2n) is 6.70. The molecular formula is C19H23N7O2. The van der Waals surface area contributed by atoms with Crippen LogP contribution in [0, 0.1) is 0 Å². The van der Waals surface area contributed by atoms with E-state index in [1.807, 2.05) is 51.4 Å². The molecular weight excluding hydrogens is 358 g/mol. The molecule has 28 heavy (non-hydrogen) atoms. The lowest BCUT2D eigenvalue weighted by Crippen LogP contribution is -2.31. The molecule has 2 heterocycles. The molecule has 0 saturated carbocycles. The monoisotopic (exact) mass is 381 g/mol. The second-order valence-corrected chi connectivity index (χ2v) is 6.70. The summed E-state index contributed by atoms with van der Waals surface area (Å²) >= 11 is 0. The first-order valence-electron chi connectivity index (χ1n) is 8.83. The van der Waals surface area contributed by atoms with Gasteiger partial charge in [-0.25, -0.2) is 9.78 Å². The van der Waals surface area contributed by atoms with Crippen LogP contribution < -0.4 is 16.0 Å². The highest BCUT2D eigenvalue weighted by Crippen LogP contribution is 2.21. The maximum absolute atomic E-state index is 12.2. The molecule has 0 aliphatic rings. The van der Waals surface area contributed by atoms with Gasteiger partial charge < -0.3 is 15.5 Å². The minimum Gasteiger partial charge on any atom is -0.331 e. The van der Waals surface area contributed by atoms with Crippen molar-refractivity contribution < 1.29 is 9.59 Å². The molecule has 0 saturated heterocycles. The van der Waals surface area contributed by atoms with Crippen LogP contribution in [0.15, 0.2) is 42.6 Å². The van der Waals surface area contributed by atoms with E-state index >= 15 is 0 Å². The van der Waals surface area contributed by atoms with Crippen molar-refractivity contribution in [1.82, 2.24) is 25.4 Å². The van der Waals surface area contributed by atoms with E-state index in [-0.39, 0.29) is 24.5 Å². The smallest absolute Gasteiger partial charge is 0.320 e. The lowest BCUT2D eigenvalue weighted by Gasteiger charge is -2.14. The van der Waals surface area contributed by atoms with E-state index in [2.05, 4.69) is 31.1 Å². The highest BCUT2D eigenvalue weighted by molar-refractivity contribution is 6.01. The van der Waals surface area contributed by atoms with Gasteiger partial charge in [-0.05, 0) is 26.6 Å². The van der Waals surface area contributed by atoms with Gasteiger partial charge in [0, 0.05) is 12.3 Å². The topological polar surface area (TPSA) is 115 Å². The van der Waals surface area contributed by atoms with E-state index < -0.39 is 0 Å². The molecule has 0 bridgehead atoms. The SMILES string of the molecule is CC(NC(=O)Nc1cc2[nH]nc(NC(=O)CN(C)C)c2cn1)c1ccccc1. The number of likely N-dealkylation sites (N-methyl/N-ethyl adjacent to an activating group) is 1. The summed E-state index contributed by atoms with van der Waals surface area (Å²) in [4.78, 5) is 30.1. The van der Waals surface area contributed by atoms with Gasteiger partial charge in [-0.2, -0.15) is 5.10 Å². The van der Waals surface area contributed by atoms with E-state index in [0.29, 0.717) is 22.5 Å². The zero-order valence-corrected chi connectivity index (χ0v) is 16.0. The molecule has 146 valence electrons. The number of rotatable bonds is 6. The molecule has 0 fully saturated rings. The average Bonchev–Trinajstić information content (AvgIpc) is 3.03. The van der Waals surface area contributed by atoms with Gasteiger partial charge in [0.1, 0.15) is 5.82 Å². The quantitative estimate of drug-likeness (QED) is 0.523. The lowest BCUT2D eigenvalue weighted by atomic mass is 10.1. The fraction of sp³-hybridized carbons (Fsp3) is 0.263. The first kappa shape index (κ1) is 19.3. The van der Waals surface area contributed by atoms with Gasteiger partial charge in [0.05, 0.1) is 23.5 Å². The molecule has 3 amide bonds. The van der Waals surface area contributed by atoms with Gasteiger partial charge in [0.15, 0.2) is 5.82 Å². The number of hydrogen-bond donors (Lipinski definition) is 4. The molecule has 2 aromatic heterocycles. The number of nitrogens with zero attached hydrogens (tertiary/aromatic N) is 3. The second kappa shape index (κ2) is 8.49. The van der Waals surface area contributed by atoms with E-state index in [1.54, 1.807) is 17.2 Å². The van der Waals surface area contributed by atoms with Crippen molar-refractivity contribution in [3.8, 4) is 0 Å². The Morgan fingerprint density at radius 3 is 2.64 bits per heavy atom. The number of fused-ring (bicyclic) bond motifs is 1. The van der Waals surface area contributed by atoms with Gasteiger partial charge in [-0.15, -0.1) is 0 Å². The Kier molecular flexibility index (Phi) is 5.85. The Morgan fingerprint density at radius 2 is 1.93 bits per heavy atom. The zero-order chi connectivity index (χ0) is 20.1. The predicted molar refractivity (Wildman–Crippen MR) is 108 cm³/mol. The molecule has 0 aliphatic heterocycles. The molecule has 4 N–H and O–H groups in total. The number of carbonyl (C=O) groups is 2. The largest absolute Gasteiger partial charge is 0.331 e. The molecule has 1 aromatic carbocycles. The normalized spacial score (nSPS) is 12.0. The summed E-state index contributed by atoms with van der Waals surface area (Å²) in [5, 5.41) is 15.9. The fourth-order valence-corrected chi connectivity index (χ4v) is 2.71. The Labute approximate surface area is 162 Å². The highest BCUT2D eigenvalue weighted by Gasteiger charge is 2.13. The minimum atomic E-state index is -0.359. The number of amides is 3. The Balaban J connectivity index is 1.64. The van der Waals surface area contributed by atoms with Crippen molar-refractivity contribution in [2.75, 3.05) is 31.3 Å².